The molecule has 0 atom stereocenters. The first kappa shape index (κ1) is 19.3. The molecular formula is C18H30N4O. The minimum absolute atomic E-state index is 0.329. The zero-order chi connectivity index (χ0) is 17.6. The van der Waals surface area contributed by atoms with Crippen molar-refractivity contribution in [3.8, 4) is 0 Å². The summed E-state index contributed by atoms with van der Waals surface area (Å²) in [6.07, 6.45) is 0. The zero-order valence-corrected chi connectivity index (χ0v) is 15.7. The first-order chi connectivity index (χ1) is 10.7. The van der Waals surface area contributed by atoms with Gasteiger partial charge in [0.1, 0.15) is 0 Å². The predicted molar refractivity (Wildman–Crippen MR) is 92.7 cm³/mol. The van der Waals surface area contributed by atoms with Crippen molar-refractivity contribution in [2.75, 3.05) is 0 Å². The summed E-state index contributed by atoms with van der Waals surface area (Å²) in [6.45, 7) is 16.7. The van der Waals surface area contributed by atoms with Crippen LogP contribution in [0.15, 0.2) is 16.5 Å². The van der Waals surface area contributed by atoms with Crippen LogP contribution >= 0.6 is 0 Å². The molecule has 2 aromatic heterocycles. The summed E-state index contributed by atoms with van der Waals surface area (Å²) in [5.41, 5.74) is 2.14. The van der Waals surface area contributed by atoms with Gasteiger partial charge >= 0.3 is 0 Å². The molecule has 2 aromatic rings. The van der Waals surface area contributed by atoms with Gasteiger partial charge in [0, 0.05) is 11.8 Å². The monoisotopic (exact) mass is 318 g/mol. The van der Waals surface area contributed by atoms with Gasteiger partial charge in [-0.2, -0.15) is 10.2 Å². The maximum atomic E-state index is 5.38. The van der Waals surface area contributed by atoms with Crippen LogP contribution < -0.4 is 0 Å². The number of rotatable bonds is 4. The Hall–Kier alpha value is -1.78. The second-order valence-electron chi connectivity index (χ2n) is 6.98. The fourth-order valence-electron chi connectivity index (χ4n) is 1.68. The highest BCUT2D eigenvalue weighted by Gasteiger charge is 2.11. The quantitative estimate of drug-likeness (QED) is 0.790. The lowest BCUT2D eigenvalue weighted by molar-refractivity contribution is 0.417. The maximum absolute atomic E-state index is 5.38. The summed E-state index contributed by atoms with van der Waals surface area (Å²) >= 11 is 0. The molecule has 0 aliphatic rings. The molecule has 0 radical (unpaired) electrons. The third kappa shape index (κ3) is 6.08. The zero-order valence-electron chi connectivity index (χ0n) is 15.7. The van der Waals surface area contributed by atoms with Crippen LogP contribution in [0.5, 0.6) is 0 Å². The molecule has 0 aromatic carbocycles. The Morgan fingerprint density at radius 3 is 1.09 bits per heavy atom. The van der Waals surface area contributed by atoms with E-state index in [9.17, 15) is 0 Å². The molecule has 5 heteroatoms. The van der Waals surface area contributed by atoms with E-state index in [1.54, 1.807) is 0 Å². The molecular weight excluding hydrogens is 288 g/mol. The molecule has 0 aliphatic carbocycles. The van der Waals surface area contributed by atoms with Crippen molar-refractivity contribution in [3.63, 3.8) is 0 Å². The van der Waals surface area contributed by atoms with Crippen LogP contribution in [0.4, 0.5) is 0 Å². The molecule has 128 valence electrons. The van der Waals surface area contributed by atoms with Crippen LogP contribution in [0, 0.1) is 0 Å². The van der Waals surface area contributed by atoms with Crippen LogP contribution in [-0.2, 0) is 0 Å². The van der Waals surface area contributed by atoms with E-state index in [1.807, 2.05) is 27.7 Å². The third-order valence-electron chi connectivity index (χ3n) is 3.33. The fourth-order valence-corrected chi connectivity index (χ4v) is 1.68. The summed E-state index contributed by atoms with van der Waals surface area (Å²) < 4.78 is 5.38. The van der Waals surface area contributed by atoms with Crippen LogP contribution in [0.25, 0.3) is 0 Å². The van der Waals surface area contributed by atoms with Gasteiger partial charge in [-0.15, -0.1) is 10.2 Å². The summed E-state index contributed by atoms with van der Waals surface area (Å²) in [4.78, 5) is 0. The van der Waals surface area contributed by atoms with Gasteiger partial charge in [0.05, 0.1) is 11.4 Å². The molecule has 0 spiro atoms. The molecule has 0 unspecified atom stereocenters. The normalized spacial score (nSPS) is 11.3. The molecule has 0 saturated heterocycles. The van der Waals surface area contributed by atoms with E-state index in [1.165, 1.54) is 0 Å². The molecule has 23 heavy (non-hydrogen) atoms. The van der Waals surface area contributed by atoms with E-state index in [0.29, 0.717) is 23.7 Å². The fraction of sp³-hybridized carbons (Fsp3) is 0.667. The summed E-state index contributed by atoms with van der Waals surface area (Å²) in [5.74, 6) is 3.06. The Morgan fingerprint density at radius 1 is 0.565 bits per heavy atom. The van der Waals surface area contributed by atoms with Crippen LogP contribution in [0.1, 0.15) is 102 Å². The van der Waals surface area contributed by atoms with Gasteiger partial charge in [0.2, 0.25) is 11.8 Å². The van der Waals surface area contributed by atoms with Crippen molar-refractivity contribution in [1.29, 1.82) is 0 Å². The van der Waals surface area contributed by atoms with Crippen molar-refractivity contribution >= 4 is 0 Å². The highest BCUT2D eigenvalue weighted by molar-refractivity contribution is 5.11. The Morgan fingerprint density at radius 2 is 0.913 bits per heavy atom. The molecule has 2 heterocycles. The van der Waals surface area contributed by atoms with Crippen LogP contribution in [-0.4, -0.2) is 20.4 Å². The third-order valence-corrected chi connectivity index (χ3v) is 3.33. The van der Waals surface area contributed by atoms with E-state index in [4.69, 9.17) is 4.42 Å². The molecule has 0 amide bonds. The standard InChI is InChI=1S/C10H16N2.C8H14N2O/c1-7(2)9-5-6-10(8(3)4)12-11-9;1-5(2)7-9-10-8(11-7)6(3)4/h5-8H,1-4H3;5-6H,1-4H3. The summed E-state index contributed by atoms with van der Waals surface area (Å²) in [5, 5.41) is 16.1. The number of aromatic nitrogens is 4. The van der Waals surface area contributed by atoms with Gasteiger partial charge in [-0.05, 0) is 24.0 Å². The van der Waals surface area contributed by atoms with Crippen molar-refractivity contribution < 1.29 is 4.42 Å². The van der Waals surface area contributed by atoms with Crippen molar-refractivity contribution in [2.24, 2.45) is 0 Å². The van der Waals surface area contributed by atoms with Gasteiger partial charge in [-0.1, -0.05) is 55.4 Å². The molecule has 5 nitrogen and oxygen atoms in total. The highest BCUT2D eigenvalue weighted by atomic mass is 16.4. The van der Waals surface area contributed by atoms with Crippen molar-refractivity contribution in [2.45, 2.75) is 79.1 Å². The molecule has 0 fully saturated rings. The number of hydrogen-bond donors (Lipinski definition) is 0. The van der Waals surface area contributed by atoms with Crippen LogP contribution in [0.2, 0.25) is 0 Å². The lowest BCUT2D eigenvalue weighted by Crippen LogP contribution is -1.99. The van der Waals surface area contributed by atoms with Crippen LogP contribution in [0.3, 0.4) is 0 Å². The Labute approximate surface area is 139 Å². The van der Waals surface area contributed by atoms with Crippen molar-refractivity contribution in [3.05, 3.63) is 35.3 Å². The van der Waals surface area contributed by atoms with E-state index in [-0.39, 0.29) is 0 Å². The summed E-state index contributed by atoms with van der Waals surface area (Å²) in [6, 6.07) is 4.12. The number of hydrogen-bond acceptors (Lipinski definition) is 5. The average molecular weight is 318 g/mol. The largest absolute Gasteiger partial charge is 0.425 e. The second kappa shape index (κ2) is 8.75. The Kier molecular flexibility index (Phi) is 7.33. The summed E-state index contributed by atoms with van der Waals surface area (Å²) in [7, 11) is 0. The Balaban J connectivity index is 0.000000231. The van der Waals surface area contributed by atoms with E-state index >= 15 is 0 Å². The first-order valence-corrected chi connectivity index (χ1v) is 8.39. The molecule has 0 saturated carbocycles. The lowest BCUT2D eigenvalue weighted by Gasteiger charge is -2.05. The Bertz CT molecular complexity index is 521. The van der Waals surface area contributed by atoms with E-state index in [2.05, 4.69) is 60.2 Å². The van der Waals surface area contributed by atoms with Gasteiger partial charge in [0.15, 0.2) is 0 Å². The smallest absolute Gasteiger partial charge is 0.219 e. The molecule has 2 rings (SSSR count). The maximum Gasteiger partial charge on any atom is 0.219 e. The van der Waals surface area contributed by atoms with Gasteiger partial charge in [-0.3, -0.25) is 0 Å². The number of nitrogens with zero attached hydrogens (tertiary/aromatic N) is 4. The average Bonchev–Trinajstić information content (AvgIpc) is 2.98. The van der Waals surface area contributed by atoms with Gasteiger partial charge in [0.25, 0.3) is 0 Å². The minimum Gasteiger partial charge on any atom is -0.425 e. The second-order valence-corrected chi connectivity index (χ2v) is 6.98. The van der Waals surface area contributed by atoms with Gasteiger partial charge < -0.3 is 4.42 Å². The van der Waals surface area contributed by atoms with E-state index in [0.717, 1.165) is 23.2 Å². The van der Waals surface area contributed by atoms with Gasteiger partial charge in [-0.25, -0.2) is 0 Å². The van der Waals surface area contributed by atoms with E-state index < -0.39 is 0 Å². The SMILES string of the molecule is CC(C)c1ccc(C(C)C)nn1.CC(C)c1nnc(C(C)C)o1. The lowest BCUT2D eigenvalue weighted by atomic mass is 10.1. The minimum atomic E-state index is 0.329. The molecule has 0 bridgehead atoms. The first-order valence-electron chi connectivity index (χ1n) is 8.39. The topological polar surface area (TPSA) is 64.7 Å². The highest BCUT2D eigenvalue weighted by Crippen LogP contribution is 2.17. The van der Waals surface area contributed by atoms with Crippen molar-refractivity contribution in [1.82, 2.24) is 20.4 Å². The predicted octanol–water partition coefficient (Wildman–Crippen LogP) is 5.04. The molecule has 0 aliphatic heterocycles. The molecule has 0 N–H and O–H groups in total.